The second kappa shape index (κ2) is 5.97. The van der Waals surface area contributed by atoms with E-state index in [1.807, 2.05) is 13.8 Å². The van der Waals surface area contributed by atoms with Gasteiger partial charge in [0.1, 0.15) is 5.52 Å². The number of nitrogens with one attached hydrogen (secondary N) is 1. The van der Waals surface area contributed by atoms with Crippen molar-refractivity contribution in [2.24, 2.45) is 0 Å². The number of oxazole rings is 1. The number of benzene rings is 1. The second-order valence-corrected chi connectivity index (χ2v) is 5.57. The highest BCUT2D eigenvalue weighted by Gasteiger charge is 2.08. The first-order chi connectivity index (χ1) is 9.04. The Hall–Kier alpha value is -1.69. The smallest absolute Gasteiger partial charge is 0.256 e. The summed E-state index contributed by atoms with van der Waals surface area (Å²) in [5, 5.41) is 3.41. The molecule has 1 amide bonds. The van der Waals surface area contributed by atoms with Crippen molar-refractivity contribution in [2.75, 3.05) is 11.5 Å². The van der Waals surface area contributed by atoms with E-state index in [1.165, 1.54) is 11.8 Å². The molecule has 1 aromatic heterocycles. The fourth-order valence-electron chi connectivity index (χ4n) is 1.61. The van der Waals surface area contributed by atoms with Gasteiger partial charge in [0.15, 0.2) is 5.58 Å². The number of hydrogen-bond donors (Lipinski definition) is 2. The fourth-order valence-corrected chi connectivity index (χ4v) is 2.38. The predicted molar refractivity (Wildman–Crippen MR) is 77.0 cm³/mol. The van der Waals surface area contributed by atoms with Crippen LogP contribution in [0.1, 0.15) is 20.3 Å². The highest BCUT2D eigenvalue weighted by atomic mass is 32.2. The number of amides is 1. The monoisotopic (exact) mass is 279 g/mol. The number of nitrogens with zero attached hydrogens (tertiary/aromatic N) is 1. The Morgan fingerprint density at radius 3 is 3.05 bits per heavy atom. The molecule has 0 fully saturated rings. The van der Waals surface area contributed by atoms with Crippen LogP contribution in [0.5, 0.6) is 0 Å². The van der Waals surface area contributed by atoms with Gasteiger partial charge >= 0.3 is 0 Å². The van der Waals surface area contributed by atoms with E-state index >= 15 is 0 Å². The van der Waals surface area contributed by atoms with E-state index in [2.05, 4.69) is 10.3 Å². The second-order valence-electron chi connectivity index (χ2n) is 4.53. The third-order valence-corrected chi connectivity index (χ3v) is 3.23. The summed E-state index contributed by atoms with van der Waals surface area (Å²) in [6.45, 7) is 3.88. The average Bonchev–Trinajstić information content (AvgIpc) is 2.69. The number of nitrogen functional groups attached to an aromatic ring is 1. The van der Waals surface area contributed by atoms with E-state index in [-0.39, 0.29) is 11.9 Å². The number of fused-ring (bicyclic) bond motifs is 1. The van der Waals surface area contributed by atoms with Gasteiger partial charge in [-0.2, -0.15) is 0 Å². The molecule has 0 saturated carbocycles. The zero-order chi connectivity index (χ0) is 13.8. The van der Waals surface area contributed by atoms with Crippen molar-refractivity contribution in [1.82, 2.24) is 10.3 Å². The summed E-state index contributed by atoms with van der Waals surface area (Å²) in [6, 6.07) is 5.52. The Labute approximate surface area is 115 Å². The summed E-state index contributed by atoms with van der Waals surface area (Å²) in [6.07, 6.45) is 0.448. The number of carbonyl (C=O) groups excluding carboxylic acids is 1. The Bertz CT molecular complexity index is 580. The number of hydrogen-bond acceptors (Lipinski definition) is 5. The third kappa shape index (κ3) is 3.89. The van der Waals surface area contributed by atoms with Crippen molar-refractivity contribution in [2.45, 2.75) is 31.5 Å². The van der Waals surface area contributed by atoms with Gasteiger partial charge in [0.05, 0.1) is 0 Å². The zero-order valence-electron chi connectivity index (χ0n) is 11.0. The minimum absolute atomic E-state index is 0.0443. The molecule has 5 nitrogen and oxygen atoms in total. The average molecular weight is 279 g/mol. The largest absolute Gasteiger partial charge is 0.431 e. The molecule has 0 unspecified atom stereocenters. The number of carbonyl (C=O) groups is 1. The lowest BCUT2D eigenvalue weighted by Gasteiger charge is -2.06. The molecule has 6 heteroatoms. The quantitative estimate of drug-likeness (QED) is 0.649. The van der Waals surface area contributed by atoms with Crippen LogP contribution in [-0.4, -0.2) is 22.7 Å². The van der Waals surface area contributed by atoms with Crippen LogP contribution in [0.4, 0.5) is 5.69 Å². The van der Waals surface area contributed by atoms with E-state index in [0.29, 0.717) is 28.7 Å². The number of rotatable bonds is 5. The summed E-state index contributed by atoms with van der Waals surface area (Å²) >= 11 is 1.43. The van der Waals surface area contributed by atoms with E-state index in [0.717, 1.165) is 5.52 Å². The zero-order valence-corrected chi connectivity index (χ0v) is 11.8. The number of aromatic nitrogens is 1. The summed E-state index contributed by atoms with van der Waals surface area (Å²) < 4.78 is 5.55. The maximum absolute atomic E-state index is 11.5. The summed E-state index contributed by atoms with van der Waals surface area (Å²) in [5.41, 5.74) is 7.79. The van der Waals surface area contributed by atoms with Crippen molar-refractivity contribution in [3.05, 3.63) is 18.2 Å². The molecule has 0 bridgehead atoms. The topological polar surface area (TPSA) is 81.2 Å². The Morgan fingerprint density at radius 1 is 1.53 bits per heavy atom. The molecule has 3 N–H and O–H groups in total. The van der Waals surface area contributed by atoms with Crippen LogP contribution >= 0.6 is 11.8 Å². The van der Waals surface area contributed by atoms with Crippen molar-refractivity contribution in [3.63, 3.8) is 0 Å². The van der Waals surface area contributed by atoms with Crippen LogP contribution in [0, 0.1) is 0 Å². The Morgan fingerprint density at radius 2 is 2.32 bits per heavy atom. The molecular formula is C13H17N3O2S. The van der Waals surface area contributed by atoms with Crippen LogP contribution in [0.2, 0.25) is 0 Å². The minimum Gasteiger partial charge on any atom is -0.431 e. The molecule has 102 valence electrons. The first kappa shape index (κ1) is 13.7. The maximum atomic E-state index is 11.5. The van der Waals surface area contributed by atoms with Crippen LogP contribution in [-0.2, 0) is 4.79 Å². The van der Waals surface area contributed by atoms with Crippen LogP contribution in [0.15, 0.2) is 27.8 Å². The maximum Gasteiger partial charge on any atom is 0.256 e. The molecule has 19 heavy (non-hydrogen) atoms. The molecule has 2 rings (SSSR count). The van der Waals surface area contributed by atoms with Gasteiger partial charge < -0.3 is 15.5 Å². The lowest BCUT2D eigenvalue weighted by molar-refractivity contribution is -0.121. The summed E-state index contributed by atoms with van der Waals surface area (Å²) in [7, 11) is 0. The van der Waals surface area contributed by atoms with Gasteiger partial charge in [-0.25, -0.2) is 4.98 Å². The molecule has 0 saturated heterocycles. The fraction of sp³-hybridized carbons (Fsp3) is 0.385. The molecule has 2 aromatic rings. The Balaban J connectivity index is 1.89. The van der Waals surface area contributed by atoms with E-state index in [9.17, 15) is 4.79 Å². The first-order valence-electron chi connectivity index (χ1n) is 6.13. The molecule has 0 aliphatic heterocycles. The highest BCUT2D eigenvalue weighted by Crippen LogP contribution is 2.25. The SMILES string of the molecule is CC(C)NC(=O)CCSc1nc2cc(N)ccc2o1. The van der Waals surface area contributed by atoms with E-state index in [4.69, 9.17) is 10.2 Å². The lowest BCUT2D eigenvalue weighted by Crippen LogP contribution is -2.30. The Kier molecular flexibility index (Phi) is 4.31. The number of nitrogens with two attached hydrogens (primary N) is 1. The third-order valence-electron chi connectivity index (χ3n) is 2.40. The van der Waals surface area contributed by atoms with Crippen LogP contribution in [0.3, 0.4) is 0 Å². The van der Waals surface area contributed by atoms with Crippen molar-refractivity contribution in [1.29, 1.82) is 0 Å². The summed E-state index contributed by atoms with van der Waals surface area (Å²) in [5.74, 6) is 0.684. The predicted octanol–water partition coefficient (Wildman–Crippen LogP) is 2.42. The van der Waals surface area contributed by atoms with E-state index < -0.39 is 0 Å². The van der Waals surface area contributed by atoms with Crippen molar-refractivity contribution in [3.8, 4) is 0 Å². The van der Waals surface area contributed by atoms with Gasteiger partial charge in [0.2, 0.25) is 5.91 Å². The standard InChI is InChI=1S/C13H17N3O2S/c1-8(2)15-12(17)5-6-19-13-16-10-7-9(14)3-4-11(10)18-13/h3-4,7-8H,5-6,14H2,1-2H3,(H,15,17). The molecule has 0 aliphatic rings. The molecule has 0 aliphatic carbocycles. The molecule has 0 atom stereocenters. The number of anilines is 1. The van der Waals surface area contributed by atoms with Crippen molar-refractivity contribution < 1.29 is 9.21 Å². The molecule has 1 aromatic carbocycles. The van der Waals surface area contributed by atoms with Crippen LogP contribution < -0.4 is 11.1 Å². The van der Waals surface area contributed by atoms with Gasteiger partial charge in [-0.05, 0) is 32.0 Å². The summed E-state index contributed by atoms with van der Waals surface area (Å²) in [4.78, 5) is 15.8. The molecule has 0 spiro atoms. The van der Waals surface area contributed by atoms with E-state index in [1.54, 1.807) is 18.2 Å². The van der Waals surface area contributed by atoms with Crippen LogP contribution in [0.25, 0.3) is 11.1 Å². The van der Waals surface area contributed by atoms with Gasteiger partial charge in [-0.3, -0.25) is 4.79 Å². The lowest BCUT2D eigenvalue weighted by atomic mass is 10.3. The minimum atomic E-state index is 0.0443. The first-order valence-corrected chi connectivity index (χ1v) is 7.11. The molecule has 0 radical (unpaired) electrons. The van der Waals surface area contributed by atoms with Crippen molar-refractivity contribution >= 4 is 34.5 Å². The normalized spacial score (nSPS) is 11.1. The van der Waals surface area contributed by atoms with Gasteiger partial charge in [0, 0.05) is 23.9 Å². The highest BCUT2D eigenvalue weighted by molar-refractivity contribution is 7.99. The van der Waals surface area contributed by atoms with Gasteiger partial charge in [0.25, 0.3) is 5.22 Å². The van der Waals surface area contributed by atoms with Gasteiger partial charge in [-0.1, -0.05) is 11.8 Å². The number of thioether (sulfide) groups is 1. The molecular weight excluding hydrogens is 262 g/mol. The van der Waals surface area contributed by atoms with Gasteiger partial charge in [-0.15, -0.1) is 0 Å². The molecule has 1 heterocycles.